The molecule has 8 nitrogen and oxygen atoms in total. The van der Waals surface area contributed by atoms with Crippen LogP contribution in [-0.4, -0.2) is 35.2 Å². The SMILES string of the molecule is COc1ccccc1C(=O)NC(C(=O)Nc1cccc(-c2nnco2)c1)C(C)C. The molecule has 2 N–H and O–H groups in total. The number of hydrogen-bond donors (Lipinski definition) is 2. The summed E-state index contributed by atoms with van der Waals surface area (Å²) in [6.45, 7) is 3.73. The fourth-order valence-corrected chi connectivity index (χ4v) is 2.84. The maximum absolute atomic E-state index is 12.9. The van der Waals surface area contributed by atoms with Crippen LogP contribution in [0.4, 0.5) is 5.69 Å². The molecule has 0 bridgehead atoms. The predicted molar refractivity (Wildman–Crippen MR) is 107 cm³/mol. The molecule has 0 saturated heterocycles. The number of ether oxygens (including phenoxy) is 1. The summed E-state index contributed by atoms with van der Waals surface area (Å²) in [6.07, 6.45) is 1.24. The van der Waals surface area contributed by atoms with Crippen LogP contribution in [-0.2, 0) is 4.79 Å². The average Bonchev–Trinajstić information content (AvgIpc) is 3.26. The summed E-state index contributed by atoms with van der Waals surface area (Å²) in [6, 6.07) is 13.2. The monoisotopic (exact) mass is 394 g/mol. The normalized spacial score (nSPS) is 11.7. The van der Waals surface area contributed by atoms with Gasteiger partial charge < -0.3 is 19.8 Å². The van der Waals surface area contributed by atoms with Crippen LogP contribution in [0.15, 0.2) is 59.3 Å². The van der Waals surface area contributed by atoms with Gasteiger partial charge in [0.15, 0.2) is 0 Å². The Morgan fingerprint density at radius 2 is 1.90 bits per heavy atom. The van der Waals surface area contributed by atoms with E-state index in [0.717, 1.165) is 0 Å². The van der Waals surface area contributed by atoms with Crippen molar-refractivity contribution in [2.24, 2.45) is 5.92 Å². The number of anilines is 1. The van der Waals surface area contributed by atoms with E-state index in [1.807, 2.05) is 13.8 Å². The first kappa shape index (κ1) is 20.1. The maximum Gasteiger partial charge on any atom is 0.255 e. The second-order valence-electron chi connectivity index (χ2n) is 6.71. The first-order valence-corrected chi connectivity index (χ1v) is 9.11. The molecular formula is C21H22N4O4. The Labute approximate surface area is 168 Å². The first-order chi connectivity index (χ1) is 14.0. The van der Waals surface area contributed by atoms with E-state index in [0.29, 0.717) is 28.5 Å². The van der Waals surface area contributed by atoms with Gasteiger partial charge in [-0.05, 0) is 36.2 Å². The molecule has 1 aromatic heterocycles. The number of methoxy groups -OCH3 is 1. The van der Waals surface area contributed by atoms with Crippen molar-refractivity contribution in [2.75, 3.05) is 12.4 Å². The quantitative estimate of drug-likeness (QED) is 0.638. The van der Waals surface area contributed by atoms with E-state index in [4.69, 9.17) is 9.15 Å². The Hall–Kier alpha value is -3.68. The summed E-state index contributed by atoms with van der Waals surface area (Å²) < 4.78 is 10.4. The summed E-state index contributed by atoms with van der Waals surface area (Å²) in [5.74, 6) is -0.0409. The topological polar surface area (TPSA) is 106 Å². The standard InChI is InChI=1S/C21H22N4O4/c1-13(2)18(24-19(26)16-9-4-5-10-17(16)28-3)20(27)23-15-8-6-7-14(11-15)21-25-22-12-29-21/h4-13,18H,1-3H3,(H,23,27)(H,24,26). The summed E-state index contributed by atoms with van der Waals surface area (Å²) >= 11 is 0. The van der Waals surface area contributed by atoms with Gasteiger partial charge in [0.1, 0.15) is 11.8 Å². The van der Waals surface area contributed by atoms with Gasteiger partial charge in [-0.1, -0.05) is 32.0 Å². The van der Waals surface area contributed by atoms with E-state index in [1.54, 1.807) is 48.5 Å². The van der Waals surface area contributed by atoms with Crippen LogP contribution in [0, 0.1) is 5.92 Å². The van der Waals surface area contributed by atoms with Gasteiger partial charge in [0, 0.05) is 11.3 Å². The van der Waals surface area contributed by atoms with E-state index in [-0.39, 0.29) is 17.7 Å². The fraction of sp³-hybridized carbons (Fsp3) is 0.238. The summed E-state index contributed by atoms with van der Waals surface area (Å²) in [4.78, 5) is 25.6. The molecule has 0 aliphatic rings. The third kappa shape index (κ3) is 4.78. The number of nitrogens with zero attached hydrogens (tertiary/aromatic N) is 2. The van der Waals surface area contributed by atoms with Crippen LogP contribution in [0.5, 0.6) is 5.75 Å². The number of amides is 2. The first-order valence-electron chi connectivity index (χ1n) is 9.11. The molecule has 3 rings (SSSR count). The number of benzene rings is 2. The summed E-state index contributed by atoms with van der Waals surface area (Å²) in [7, 11) is 1.50. The highest BCUT2D eigenvalue weighted by Crippen LogP contribution is 2.21. The lowest BCUT2D eigenvalue weighted by Crippen LogP contribution is -2.47. The van der Waals surface area contributed by atoms with Crippen molar-refractivity contribution >= 4 is 17.5 Å². The molecule has 0 saturated carbocycles. The molecule has 2 amide bonds. The van der Waals surface area contributed by atoms with Crippen LogP contribution in [0.3, 0.4) is 0 Å². The molecule has 29 heavy (non-hydrogen) atoms. The molecule has 1 atom stereocenters. The van der Waals surface area contributed by atoms with Gasteiger partial charge in [0.05, 0.1) is 12.7 Å². The Balaban J connectivity index is 1.75. The number of para-hydroxylation sites is 1. The molecule has 0 radical (unpaired) electrons. The second kappa shape index (κ2) is 9.01. The third-order valence-electron chi connectivity index (χ3n) is 4.32. The summed E-state index contributed by atoms with van der Waals surface area (Å²) in [5, 5.41) is 13.1. The minimum atomic E-state index is -0.737. The fourth-order valence-electron chi connectivity index (χ4n) is 2.84. The van der Waals surface area contributed by atoms with E-state index < -0.39 is 6.04 Å². The lowest BCUT2D eigenvalue weighted by Gasteiger charge is -2.22. The van der Waals surface area contributed by atoms with Crippen LogP contribution in [0.25, 0.3) is 11.5 Å². The van der Waals surface area contributed by atoms with Crippen molar-refractivity contribution in [1.29, 1.82) is 0 Å². The zero-order valence-electron chi connectivity index (χ0n) is 16.4. The van der Waals surface area contributed by atoms with Gasteiger partial charge >= 0.3 is 0 Å². The number of aromatic nitrogens is 2. The van der Waals surface area contributed by atoms with Crippen LogP contribution in [0.1, 0.15) is 24.2 Å². The number of nitrogens with one attached hydrogen (secondary N) is 2. The van der Waals surface area contributed by atoms with E-state index in [2.05, 4.69) is 20.8 Å². The second-order valence-corrected chi connectivity index (χ2v) is 6.71. The highest BCUT2D eigenvalue weighted by Gasteiger charge is 2.26. The van der Waals surface area contributed by atoms with Gasteiger partial charge in [-0.3, -0.25) is 9.59 Å². The number of rotatable bonds is 7. The molecule has 0 aliphatic heterocycles. The number of hydrogen-bond acceptors (Lipinski definition) is 6. The highest BCUT2D eigenvalue weighted by molar-refractivity contribution is 6.02. The van der Waals surface area contributed by atoms with Crippen molar-refractivity contribution < 1.29 is 18.7 Å². The Kier molecular flexibility index (Phi) is 6.23. The van der Waals surface area contributed by atoms with Gasteiger partial charge in [-0.2, -0.15) is 0 Å². The van der Waals surface area contributed by atoms with Crippen molar-refractivity contribution in [3.05, 3.63) is 60.5 Å². The van der Waals surface area contributed by atoms with Gasteiger partial charge in [0.2, 0.25) is 18.2 Å². The van der Waals surface area contributed by atoms with Crippen molar-refractivity contribution in [2.45, 2.75) is 19.9 Å². The lowest BCUT2D eigenvalue weighted by molar-refractivity contribution is -0.118. The van der Waals surface area contributed by atoms with Gasteiger partial charge in [-0.25, -0.2) is 0 Å². The minimum absolute atomic E-state index is 0.132. The maximum atomic E-state index is 12.9. The highest BCUT2D eigenvalue weighted by atomic mass is 16.5. The molecule has 150 valence electrons. The smallest absolute Gasteiger partial charge is 0.255 e. The zero-order chi connectivity index (χ0) is 20.8. The molecular weight excluding hydrogens is 372 g/mol. The molecule has 1 unspecified atom stereocenters. The Bertz CT molecular complexity index is 986. The molecule has 8 heteroatoms. The van der Waals surface area contributed by atoms with E-state index in [9.17, 15) is 9.59 Å². The van der Waals surface area contributed by atoms with Gasteiger partial charge in [-0.15, -0.1) is 10.2 Å². The Morgan fingerprint density at radius 1 is 1.10 bits per heavy atom. The minimum Gasteiger partial charge on any atom is -0.496 e. The third-order valence-corrected chi connectivity index (χ3v) is 4.32. The molecule has 2 aromatic carbocycles. The van der Waals surface area contributed by atoms with Crippen molar-refractivity contribution in [3.63, 3.8) is 0 Å². The number of carbonyl (C=O) groups excluding carboxylic acids is 2. The molecule has 0 aliphatic carbocycles. The van der Waals surface area contributed by atoms with Crippen molar-refractivity contribution in [1.82, 2.24) is 15.5 Å². The lowest BCUT2D eigenvalue weighted by atomic mass is 10.0. The Morgan fingerprint density at radius 3 is 2.59 bits per heavy atom. The summed E-state index contributed by atoms with van der Waals surface area (Å²) in [5.41, 5.74) is 1.61. The molecule has 0 spiro atoms. The van der Waals surface area contributed by atoms with E-state index >= 15 is 0 Å². The van der Waals surface area contributed by atoms with Crippen LogP contribution in [0.2, 0.25) is 0 Å². The average molecular weight is 394 g/mol. The van der Waals surface area contributed by atoms with E-state index in [1.165, 1.54) is 13.5 Å². The predicted octanol–water partition coefficient (Wildman–Crippen LogP) is 3.14. The molecule has 3 aromatic rings. The zero-order valence-corrected chi connectivity index (χ0v) is 16.4. The largest absolute Gasteiger partial charge is 0.496 e. The molecule has 0 fully saturated rings. The van der Waals surface area contributed by atoms with Crippen LogP contribution >= 0.6 is 0 Å². The number of carbonyl (C=O) groups is 2. The molecule has 1 heterocycles. The van der Waals surface area contributed by atoms with Gasteiger partial charge in [0.25, 0.3) is 5.91 Å². The van der Waals surface area contributed by atoms with Crippen LogP contribution < -0.4 is 15.4 Å². The van der Waals surface area contributed by atoms with Crippen molar-refractivity contribution in [3.8, 4) is 17.2 Å².